The fourth-order valence-electron chi connectivity index (χ4n) is 3.90. The van der Waals surface area contributed by atoms with Crippen molar-refractivity contribution in [1.29, 1.82) is 5.26 Å². The number of hydrogen-bond acceptors (Lipinski definition) is 4. The molecule has 28 heavy (non-hydrogen) atoms. The number of likely N-dealkylation sites (tertiary alicyclic amines) is 1. The lowest BCUT2D eigenvalue weighted by molar-refractivity contribution is -0.119. The van der Waals surface area contributed by atoms with Crippen molar-refractivity contribution >= 4 is 11.6 Å². The molecular weight excluding hydrogens is 350 g/mol. The van der Waals surface area contributed by atoms with E-state index in [1.54, 1.807) is 12.1 Å². The molecule has 2 aliphatic heterocycles. The van der Waals surface area contributed by atoms with Gasteiger partial charge in [0.05, 0.1) is 11.6 Å². The number of amides is 1. The molecule has 2 aromatic carbocycles. The largest absolute Gasteiger partial charge is 0.488 e. The predicted molar refractivity (Wildman–Crippen MR) is 108 cm³/mol. The molecule has 4 rings (SSSR count). The molecule has 5 nitrogen and oxygen atoms in total. The van der Waals surface area contributed by atoms with E-state index in [9.17, 15) is 4.79 Å². The Labute approximate surface area is 166 Å². The molecule has 2 aromatic rings. The number of piperidine rings is 1. The van der Waals surface area contributed by atoms with Gasteiger partial charge in [-0.15, -0.1) is 0 Å². The first-order valence-electron chi connectivity index (χ1n) is 10.0. The Bertz CT molecular complexity index is 866. The van der Waals surface area contributed by atoms with E-state index in [0.717, 1.165) is 56.9 Å². The van der Waals surface area contributed by atoms with Gasteiger partial charge in [0.15, 0.2) is 0 Å². The molecule has 144 valence electrons. The highest BCUT2D eigenvalue weighted by Crippen LogP contribution is 2.26. The van der Waals surface area contributed by atoms with Crippen LogP contribution >= 0.6 is 0 Å². The van der Waals surface area contributed by atoms with E-state index < -0.39 is 0 Å². The number of hydrogen-bond donors (Lipinski definition) is 0. The molecule has 0 aromatic heterocycles. The van der Waals surface area contributed by atoms with Crippen LogP contribution < -0.4 is 9.64 Å². The van der Waals surface area contributed by atoms with E-state index in [4.69, 9.17) is 10.00 Å². The number of anilines is 1. The molecule has 0 radical (unpaired) electrons. The fraction of sp³-hybridized carbons (Fsp3) is 0.391. The molecule has 0 aliphatic carbocycles. The second-order valence-electron chi connectivity index (χ2n) is 7.52. The summed E-state index contributed by atoms with van der Waals surface area (Å²) in [6.45, 7) is 3.61. The van der Waals surface area contributed by atoms with Crippen molar-refractivity contribution in [2.24, 2.45) is 0 Å². The maximum atomic E-state index is 12.3. The smallest absolute Gasteiger partial charge is 0.226 e. The van der Waals surface area contributed by atoms with E-state index in [2.05, 4.69) is 29.2 Å². The minimum absolute atomic E-state index is 0.201. The van der Waals surface area contributed by atoms with Crippen LogP contribution in [0.15, 0.2) is 48.5 Å². The van der Waals surface area contributed by atoms with Gasteiger partial charge in [-0.1, -0.05) is 18.2 Å². The Morgan fingerprint density at radius 2 is 1.86 bits per heavy atom. The van der Waals surface area contributed by atoms with Crippen LogP contribution in [0, 0.1) is 11.3 Å². The van der Waals surface area contributed by atoms with E-state index in [-0.39, 0.29) is 12.0 Å². The summed E-state index contributed by atoms with van der Waals surface area (Å²) in [5.74, 6) is 1.07. The Kier molecular flexibility index (Phi) is 5.59. The summed E-state index contributed by atoms with van der Waals surface area (Å²) >= 11 is 0. The lowest BCUT2D eigenvalue weighted by atomic mass is 10.0. The molecule has 2 heterocycles. The van der Waals surface area contributed by atoms with Gasteiger partial charge in [0.2, 0.25) is 5.91 Å². The number of ether oxygens (including phenoxy) is 1. The number of carbonyl (C=O) groups is 1. The number of nitrogens with zero attached hydrogens (tertiary/aromatic N) is 3. The molecule has 0 N–H and O–H groups in total. The second-order valence-corrected chi connectivity index (χ2v) is 7.52. The minimum Gasteiger partial charge on any atom is -0.488 e. The summed E-state index contributed by atoms with van der Waals surface area (Å²) in [7, 11) is 0. The highest BCUT2D eigenvalue weighted by molar-refractivity contribution is 5.94. The first kappa shape index (κ1) is 18.5. The van der Waals surface area contributed by atoms with Crippen molar-refractivity contribution in [2.45, 2.75) is 31.8 Å². The van der Waals surface area contributed by atoms with Gasteiger partial charge in [0.1, 0.15) is 11.9 Å². The van der Waals surface area contributed by atoms with Crippen LogP contribution in [0.2, 0.25) is 0 Å². The molecule has 0 atom stereocenters. The number of nitriles is 1. The number of benzene rings is 2. The number of carbonyl (C=O) groups excluding carboxylic acids is 1. The summed E-state index contributed by atoms with van der Waals surface area (Å²) in [5, 5.41) is 8.85. The zero-order chi connectivity index (χ0) is 19.3. The van der Waals surface area contributed by atoms with Gasteiger partial charge in [-0.3, -0.25) is 9.69 Å². The quantitative estimate of drug-likeness (QED) is 0.777. The first-order valence-corrected chi connectivity index (χ1v) is 10.0. The minimum atomic E-state index is 0.201. The van der Waals surface area contributed by atoms with Crippen LogP contribution in [0.1, 0.15) is 30.4 Å². The Morgan fingerprint density at radius 3 is 2.61 bits per heavy atom. The molecule has 0 bridgehead atoms. The maximum Gasteiger partial charge on any atom is 0.226 e. The lowest BCUT2D eigenvalue weighted by Gasteiger charge is -2.39. The molecule has 2 saturated heterocycles. The number of para-hydroxylation sites is 1. The van der Waals surface area contributed by atoms with Crippen molar-refractivity contribution in [2.75, 3.05) is 31.1 Å². The summed E-state index contributed by atoms with van der Waals surface area (Å²) in [6.07, 6.45) is 3.89. The van der Waals surface area contributed by atoms with Gasteiger partial charge in [-0.25, -0.2) is 0 Å². The van der Waals surface area contributed by atoms with Gasteiger partial charge in [-0.05, 0) is 55.2 Å². The first-order chi connectivity index (χ1) is 13.7. The summed E-state index contributed by atoms with van der Waals surface area (Å²) in [5.41, 5.74) is 2.97. The fourth-order valence-corrected chi connectivity index (χ4v) is 3.90. The molecular formula is C23H25N3O2. The van der Waals surface area contributed by atoms with E-state index in [0.29, 0.717) is 12.0 Å². The zero-order valence-electron chi connectivity index (χ0n) is 16.0. The molecule has 2 fully saturated rings. The highest BCUT2D eigenvalue weighted by Gasteiger charge is 2.28. The van der Waals surface area contributed by atoms with Gasteiger partial charge in [0.25, 0.3) is 0 Å². The molecule has 0 unspecified atom stereocenters. The highest BCUT2D eigenvalue weighted by atomic mass is 16.5. The van der Waals surface area contributed by atoms with Crippen LogP contribution in [0.4, 0.5) is 5.69 Å². The van der Waals surface area contributed by atoms with Crippen molar-refractivity contribution in [3.63, 3.8) is 0 Å². The van der Waals surface area contributed by atoms with Crippen LogP contribution in [0.3, 0.4) is 0 Å². The van der Waals surface area contributed by atoms with E-state index >= 15 is 0 Å². The summed E-state index contributed by atoms with van der Waals surface area (Å²) < 4.78 is 5.96. The van der Waals surface area contributed by atoms with E-state index in [1.165, 1.54) is 5.56 Å². The summed E-state index contributed by atoms with van der Waals surface area (Å²) in [4.78, 5) is 16.6. The van der Waals surface area contributed by atoms with Crippen LogP contribution in [-0.4, -0.2) is 43.1 Å². The Balaban J connectivity index is 1.28. The standard InChI is InChI=1S/C23H25N3O2/c24-15-18-8-10-20(11-9-18)28-21-16-25(17-21)14-12-19-5-1-2-6-22(19)26-13-4-3-7-23(26)27/h1-2,5-6,8-11,21H,3-4,7,12-14,16-17H2. The topological polar surface area (TPSA) is 56.6 Å². The van der Waals surface area contributed by atoms with Gasteiger partial charge in [-0.2, -0.15) is 5.26 Å². The third kappa shape index (κ3) is 4.18. The zero-order valence-corrected chi connectivity index (χ0v) is 16.0. The predicted octanol–water partition coefficient (Wildman–Crippen LogP) is 3.38. The van der Waals surface area contributed by atoms with Gasteiger partial charge >= 0.3 is 0 Å². The maximum absolute atomic E-state index is 12.3. The lowest BCUT2D eigenvalue weighted by Crippen LogP contribution is -2.54. The molecule has 0 saturated carbocycles. The average Bonchev–Trinajstić information content (AvgIpc) is 2.71. The summed E-state index contributed by atoms with van der Waals surface area (Å²) in [6, 6.07) is 17.7. The average molecular weight is 375 g/mol. The van der Waals surface area contributed by atoms with Crippen LogP contribution in [0.25, 0.3) is 0 Å². The van der Waals surface area contributed by atoms with Crippen molar-refractivity contribution < 1.29 is 9.53 Å². The van der Waals surface area contributed by atoms with Crippen LogP contribution in [0.5, 0.6) is 5.75 Å². The van der Waals surface area contributed by atoms with Gasteiger partial charge < -0.3 is 9.64 Å². The third-order valence-corrected chi connectivity index (χ3v) is 5.51. The van der Waals surface area contributed by atoms with Crippen molar-refractivity contribution in [3.8, 4) is 11.8 Å². The van der Waals surface area contributed by atoms with Gasteiger partial charge in [0, 0.05) is 38.3 Å². The molecule has 2 aliphatic rings. The van der Waals surface area contributed by atoms with Crippen molar-refractivity contribution in [1.82, 2.24) is 4.90 Å². The molecule has 1 amide bonds. The monoisotopic (exact) mass is 375 g/mol. The third-order valence-electron chi connectivity index (χ3n) is 5.51. The van der Waals surface area contributed by atoms with Crippen molar-refractivity contribution in [3.05, 3.63) is 59.7 Å². The SMILES string of the molecule is N#Cc1ccc(OC2CN(CCc3ccccc3N3CCCCC3=O)C2)cc1. The number of rotatable bonds is 6. The Morgan fingerprint density at radius 1 is 1.07 bits per heavy atom. The normalized spacial score (nSPS) is 17.8. The van der Waals surface area contributed by atoms with E-state index in [1.807, 2.05) is 23.1 Å². The Hall–Kier alpha value is -2.84. The molecule has 5 heteroatoms. The molecule has 0 spiro atoms. The van der Waals surface area contributed by atoms with Crippen LogP contribution in [-0.2, 0) is 11.2 Å². The second kappa shape index (κ2) is 8.45.